The summed E-state index contributed by atoms with van der Waals surface area (Å²) >= 11 is 5.74. The van der Waals surface area contributed by atoms with Gasteiger partial charge in [-0.2, -0.15) is 0 Å². The molecule has 8 heteroatoms. The maximum Gasteiger partial charge on any atom is 0.335 e. The highest BCUT2D eigenvalue weighted by molar-refractivity contribution is 7.93. The van der Waals surface area contributed by atoms with Crippen LogP contribution in [0, 0.1) is 5.82 Å². The van der Waals surface area contributed by atoms with Gasteiger partial charge in [0.05, 0.1) is 29.7 Å². The number of rotatable bonds is 5. The molecule has 0 amide bonds. The molecule has 0 saturated carbocycles. The Labute approximate surface area is 153 Å². The minimum absolute atomic E-state index is 0.409. The molecule has 0 bridgehead atoms. The molecule has 0 aromatic heterocycles. The van der Waals surface area contributed by atoms with Gasteiger partial charge in [-0.05, 0) is 44.2 Å². The fourth-order valence-electron chi connectivity index (χ4n) is 1.55. The van der Waals surface area contributed by atoms with E-state index in [0.717, 1.165) is 0 Å². The smallest absolute Gasteiger partial charge is 0.335 e. The molecule has 0 unspecified atom stereocenters. The topological polar surface area (TPSA) is 72.5 Å². The SMILES string of the molecule is [2H]C1=C(C(=O)OCC)[C@]([2H])(S(=O)(=O)N([2H])c2c([2H])c([2H])c(F)c([2H])c2Cl)C([2H])([2H])CC1([2H])[2H]. The highest BCUT2D eigenvalue weighted by Gasteiger charge is 2.35. The molecule has 23 heavy (non-hydrogen) atoms. The van der Waals surface area contributed by atoms with Crippen LogP contribution in [0.2, 0.25) is 6.43 Å². The van der Waals surface area contributed by atoms with Gasteiger partial charge in [0, 0.05) is 5.48 Å². The molecular weight excluding hydrogens is 345 g/mol. The van der Waals surface area contributed by atoms with E-state index in [1.165, 1.54) is 6.92 Å². The van der Waals surface area contributed by atoms with Crippen LogP contribution in [0.25, 0.3) is 0 Å². The Bertz CT molecular complexity index is 1130. The van der Waals surface area contributed by atoms with E-state index in [4.69, 9.17) is 25.3 Å². The van der Waals surface area contributed by atoms with Gasteiger partial charge in [0.2, 0.25) is 10.0 Å². The van der Waals surface area contributed by atoms with Crippen LogP contribution in [-0.2, 0) is 19.6 Å². The average Bonchev–Trinajstić information content (AvgIpc) is 2.69. The lowest BCUT2D eigenvalue weighted by molar-refractivity contribution is -0.138. The Morgan fingerprint density at radius 2 is 2.43 bits per heavy atom. The van der Waals surface area contributed by atoms with E-state index in [9.17, 15) is 17.6 Å². The Balaban J connectivity index is 2.95. The van der Waals surface area contributed by atoms with Crippen LogP contribution >= 0.6 is 11.6 Å². The van der Waals surface area contributed by atoms with Crippen molar-refractivity contribution in [1.29, 1.82) is 0 Å². The molecule has 0 fully saturated rings. The van der Waals surface area contributed by atoms with Gasteiger partial charge in [0.15, 0.2) is 1.41 Å². The number of anilines is 1. The number of allylic oxidation sites excluding steroid dienone is 1. The van der Waals surface area contributed by atoms with Crippen LogP contribution in [-0.4, -0.2) is 26.2 Å². The third-order valence-corrected chi connectivity index (χ3v) is 4.01. The summed E-state index contributed by atoms with van der Waals surface area (Å²) in [7, 11) is -5.86. The summed E-state index contributed by atoms with van der Waals surface area (Å²) in [5.41, 5.74) is -2.80. The van der Waals surface area contributed by atoms with Crippen LogP contribution in [0.5, 0.6) is 0 Å². The number of hydrogen-bond acceptors (Lipinski definition) is 4. The predicted molar refractivity (Wildman–Crippen MR) is 86.3 cm³/mol. The first-order chi connectivity index (χ1) is 14.8. The maximum atomic E-state index is 13.9. The van der Waals surface area contributed by atoms with E-state index in [0.29, 0.717) is 0 Å². The van der Waals surface area contributed by atoms with Crippen molar-refractivity contribution in [3.05, 3.63) is 40.6 Å². The number of carbonyl (C=O) groups excluding carboxylic acids is 1. The van der Waals surface area contributed by atoms with Gasteiger partial charge in [-0.3, -0.25) is 4.72 Å². The highest BCUT2D eigenvalue weighted by atomic mass is 35.5. The fourth-order valence-corrected chi connectivity index (χ4v) is 2.89. The van der Waals surface area contributed by atoms with Gasteiger partial charge in [-0.25, -0.2) is 17.6 Å². The Morgan fingerprint density at radius 3 is 3.13 bits per heavy atom. The van der Waals surface area contributed by atoms with Crippen LogP contribution < -0.4 is 4.72 Å². The van der Waals surface area contributed by atoms with Gasteiger partial charge in [-0.1, -0.05) is 17.7 Å². The second-order valence-corrected chi connectivity index (χ2v) is 5.92. The number of nitrogens with one attached hydrogen (secondary N) is 1. The molecule has 0 saturated heterocycles. The summed E-state index contributed by atoms with van der Waals surface area (Å²) in [5.74, 6) is -3.29. The molecule has 0 aliphatic heterocycles. The highest BCUT2D eigenvalue weighted by Crippen LogP contribution is 2.30. The van der Waals surface area contributed by atoms with E-state index in [1.807, 2.05) is 0 Å². The Hall–Kier alpha value is -1.60. The van der Waals surface area contributed by atoms with E-state index >= 15 is 0 Å². The normalized spacial score (nSPS) is 32.5. The molecule has 1 aromatic rings. The lowest BCUT2D eigenvalue weighted by Crippen LogP contribution is -2.34. The van der Waals surface area contributed by atoms with Gasteiger partial charge < -0.3 is 4.74 Å². The average molecular weight is 372 g/mol. The molecule has 1 aromatic carbocycles. The van der Waals surface area contributed by atoms with Crippen molar-refractivity contribution in [2.45, 2.75) is 31.3 Å². The molecule has 1 atom stereocenters. The van der Waals surface area contributed by atoms with Crippen molar-refractivity contribution in [2.75, 3.05) is 11.3 Å². The Kier molecular flexibility index (Phi) is 2.70. The molecule has 1 N–H and O–H groups in total. The van der Waals surface area contributed by atoms with E-state index < -0.39 is 98.0 Å². The van der Waals surface area contributed by atoms with Crippen molar-refractivity contribution in [3.8, 4) is 0 Å². The summed E-state index contributed by atoms with van der Waals surface area (Å²) in [6, 6.07) is -5.20. The lowest BCUT2D eigenvalue weighted by Gasteiger charge is -2.24. The van der Waals surface area contributed by atoms with E-state index in [2.05, 4.69) is 4.74 Å². The largest absolute Gasteiger partial charge is 0.463 e. The van der Waals surface area contributed by atoms with Crippen LogP contribution in [0.15, 0.2) is 29.8 Å². The van der Waals surface area contributed by atoms with Gasteiger partial charge in [-0.15, -0.1) is 0 Å². The zero-order chi connectivity index (χ0) is 25.9. The number of halogens is 2. The molecular formula is C15H17ClFNO4S. The second kappa shape index (κ2) is 7.31. The third kappa shape index (κ3) is 4.23. The molecule has 5 nitrogen and oxygen atoms in total. The fraction of sp³-hybridized carbons (Fsp3) is 0.400. The first-order valence-electron chi connectivity index (χ1n) is 11.1. The number of hydrogen-bond donors (Lipinski definition) is 1. The molecule has 1 aliphatic rings. The molecule has 126 valence electrons. The summed E-state index contributed by atoms with van der Waals surface area (Å²) in [4.78, 5) is 12.5. The van der Waals surface area contributed by atoms with Crippen molar-refractivity contribution in [1.82, 2.24) is 0 Å². The van der Waals surface area contributed by atoms with Gasteiger partial charge >= 0.3 is 5.97 Å². The van der Waals surface area contributed by atoms with Crippen molar-refractivity contribution >= 4 is 33.3 Å². The van der Waals surface area contributed by atoms with E-state index in [1.54, 1.807) is 0 Å². The maximum absolute atomic E-state index is 13.9. The quantitative estimate of drug-likeness (QED) is 0.806. The molecule has 1 aliphatic carbocycles. The van der Waals surface area contributed by atoms with E-state index in [-0.39, 0.29) is 0 Å². The third-order valence-electron chi connectivity index (χ3n) is 2.44. The summed E-state index contributed by atoms with van der Waals surface area (Å²) in [6.07, 6.45) is -7.71. The van der Waals surface area contributed by atoms with Gasteiger partial charge in [0.25, 0.3) is 0 Å². The minimum Gasteiger partial charge on any atom is -0.463 e. The number of benzene rings is 1. The van der Waals surface area contributed by atoms with Crippen molar-refractivity contribution < 1.29 is 36.1 Å². The first-order valence-corrected chi connectivity index (χ1v) is 8.00. The monoisotopic (exact) mass is 371 g/mol. The summed E-state index contributed by atoms with van der Waals surface area (Å²) < 4.78 is 124. The lowest BCUT2D eigenvalue weighted by atomic mass is 9.99. The number of ether oxygens (including phenoxy) is 1. The molecule has 0 spiro atoms. The van der Waals surface area contributed by atoms with Gasteiger partial charge in [0.1, 0.15) is 11.0 Å². The second-order valence-electron chi connectivity index (χ2n) is 4.00. The van der Waals surface area contributed by atoms with Crippen molar-refractivity contribution in [3.63, 3.8) is 0 Å². The number of esters is 1. The first kappa shape index (κ1) is 8.48. The van der Waals surface area contributed by atoms with Crippen molar-refractivity contribution in [2.24, 2.45) is 0 Å². The minimum atomic E-state index is -5.86. The zero-order valence-electron chi connectivity index (χ0n) is 21.7. The molecule has 0 heterocycles. The van der Waals surface area contributed by atoms with Crippen LogP contribution in [0.4, 0.5) is 10.1 Å². The predicted octanol–water partition coefficient (Wildman–Crippen LogP) is 3.26. The summed E-state index contributed by atoms with van der Waals surface area (Å²) in [5, 5.41) is -4.97. The summed E-state index contributed by atoms with van der Waals surface area (Å²) in [6.45, 7) is 0.870. The van der Waals surface area contributed by atoms with Crippen LogP contribution in [0.3, 0.4) is 0 Å². The Morgan fingerprint density at radius 1 is 1.70 bits per heavy atom. The number of sulfonamides is 1. The molecule has 0 radical (unpaired) electrons. The number of carbonyl (C=O) groups is 1. The van der Waals surface area contributed by atoms with Crippen LogP contribution in [0.1, 0.15) is 38.4 Å². The molecule has 2 rings (SSSR count). The zero-order valence-corrected chi connectivity index (χ0v) is 13.2. The standard InChI is InChI=1S/C15H17ClFNO4S/c1-2-22-15(19)11-5-3-4-6-14(11)23(20,21)18-13-8-7-10(17)9-12(13)16/h5,7-9,14,18H,2-4,6H2,1H3/t14-/m1/s1/i3D2,5D,6D2,7D,8D,9D,14D/hD.